The molecule has 0 aliphatic carbocycles. The number of hydrogen-bond acceptors (Lipinski definition) is 4. The second kappa shape index (κ2) is 6.31. The predicted octanol–water partition coefficient (Wildman–Crippen LogP) is 1.23. The van der Waals surface area contributed by atoms with Gasteiger partial charge in [-0.25, -0.2) is 4.98 Å². The molecule has 1 aromatic rings. The highest BCUT2D eigenvalue weighted by molar-refractivity contribution is 4.98. The van der Waals surface area contributed by atoms with E-state index in [1.165, 1.54) is 0 Å². The Labute approximate surface area is 109 Å². The maximum atomic E-state index is 5.88. The van der Waals surface area contributed by atoms with Crippen molar-refractivity contribution in [2.75, 3.05) is 0 Å². The molecule has 5 nitrogen and oxygen atoms in total. The van der Waals surface area contributed by atoms with E-state index in [1.807, 2.05) is 12.4 Å². The van der Waals surface area contributed by atoms with Gasteiger partial charge in [0.25, 0.3) is 0 Å². The number of aryl methyl sites for hydroxylation is 1. The van der Waals surface area contributed by atoms with Crippen LogP contribution in [0.15, 0.2) is 12.4 Å². The first-order chi connectivity index (χ1) is 8.74. The minimum atomic E-state index is 0.146. The second-order valence-electron chi connectivity index (χ2n) is 5.08. The Kier molecular flexibility index (Phi) is 4.74. The Morgan fingerprint density at radius 1 is 1.61 bits per heavy atom. The van der Waals surface area contributed by atoms with Crippen LogP contribution < -0.4 is 11.3 Å². The number of hydrazine groups is 1. The molecule has 3 unspecified atom stereocenters. The molecule has 1 aliphatic heterocycles. The van der Waals surface area contributed by atoms with Gasteiger partial charge in [0.15, 0.2) is 0 Å². The van der Waals surface area contributed by atoms with Gasteiger partial charge >= 0.3 is 0 Å². The third kappa shape index (κ3) is 3.10. The number of aromatic nitrogens is 2. The number of nitrogens with one attached hydrogen (secondary N) is 1. The molecular formula is C13H24N4O. The first-order valence-corrected chi connectivity index (χ1v) is 6.86. The zero-order valence-corrected chi connectivity index (χ0v) is 11.3. The Morgan fingerprint density at radius 3 is 3.06 bits per heavy atom. The van der Waals surface area contributed by atoms with Crippen LogP contribution in [0.1, 0.15) is 38.9 Å². The second-order valence-corrected chi connectivity index (χ2v) is 5.08. The molecule has 3 atom stereocenters. The van der Waals surface area contributed by atoms with Crippen molar-refractivity contribution in [2.24, 2.45) is 5.84 Å². The van der Waals surface area contributed by atoms with E-state index in [1.54, 1.807) is 0 Å². The summed E-state index contributed by atoms with van der Waals surface area (Å²) in [6, 6.07) is 0.146. The van der Waals surface area contributed by atoms with E-state index in [4.69, 9.17) is 10.6 Å². The third-order valence-corrected chi connectivity index (χ3v) is 3.60. The minimum Gasteiger partial charge on any atom is -0.374 e. The van der Waals surface area contributed by atoms with Crippen LogP contribution in [-0.4, -0.2) is 27.8 Å². The molecule has 102 valence electrons. The summed E-state index contributed by atoms with van der Waals surface area (Å²) in [5.41, 5.74) is 2.89. The molecule has 0 aromatic carbocycles. The molecule has 5 heteroatoms. The molecule has 1 fully saturated rings. The number of hydrogen-bond donors (Lipinski definition) is 2. The maximum absolute atomic E-state index is 5.88. The van der Waals surface area contributed by atoms with E-state index >= 15 is 0 Å². The Morgan fingerprint density at radius 2 is 2.44 bits per heavy atom. The fraction of sp³-hybridized carbons (Fsp3) is 0.769. The van der Waals surface area contributed by atoms with E-state index < -0.39 is 0 Å². The number of nitrogens with two attached hydrogens (primary N) is 1. The summed E-state index contributed by atoms with van der Waals surface area (Å²) >= 11 is 0. The van der Waals surface area contributed by atoms with Crippen molar-refractivity contribution in [2.45, 2.75) is 64.3 Å². The molecule has 2 heterocycles. The lowest BCUT2D eigenvalue weighted by Crippen LogP contribution is -2.46. The van der Waals surface area contributed by atoms with Gasteiger partial charge in [-0.3, -0.25) is 11.3 Å². The number of nitrogens with zero attached hydrogens (tertiary/aromatic N) is 2. The summed E-state index contributed by atoms with van der Waals surface area (Å²) in [7, 11) is 0. The van der Waals surface area contributed by atoms with Crippen molar-refractivity contribution in [3.63, 3.8) is 0 Å². The lowest BCUT2D eigenvalue weighted by molar-refractivity contribution is 0.0314. The number of imidazole rings is 1. The van der Waals surface area contributed by atoms with Crippen LogP contribution in [0.2, 0.25) is 0 Å². The number of ether oxygens (including phenoxy) is 1. The lowest BCUT2D eigenvalue weighted by Gasteiger charge is -2.22. The fourth-order valence-electron chi connectivity index (χ4n) is 2.60. The molecule has 0 spiro atoms. The highest BCUT2D eigenvalue weighted by atomic mass is 16.5. The standard InChI is InChI=1S/C13H24N4O/c1-3-7-17-8-6-15-13(17)9-11(16-14)12-5-4-10(2)18-12/h6,8,10-12,16H,3-5,7,9,14H2,1-2H3. The number of rotatable bonds is 6. The van der Waals surface area contributed by atoms with Gasteiger partial charge < -0.3 is 9.30 Å². The van der Waals surface area contributed by atoms with Gasteiger partial charge in [0.1, 0.15) is 5.82 Å². The zero-order chi connectivity index (χ0) is 13.0. The van der Waals surface area contributed by atoms with E-state index in [-0.39, 0.29) is 12.1 Å². The molecule has 1 aliphatic rings. The Bertz CT molecular complexity index is 366. The van der Waals surface area contributed by atoms with Crippen molar-refractivity contribution in [1.82, 2.24) is 15.0 Å². The van der Waals surface area contributed by atoms with Crippen LogP contribution in [-0.2, 0) is 17.7 Å². The summed E-state index contributed by atoms with van der Waals surface area (Å²) in [6.07, 6.45) is 8.57. The van der Waals surface area contributed by atoms with E-state index in [2.05, 4.69) is 28.8 Å². The van der Waals surface area contributed by atoms with Gasteiger partial charge in [0.2, 0.25) is 0 Å². The molecule has 18 heavy (non-hydrogen) atoms. The average molecular weight is 252 g/mol. The Balaban J connectivity index is 1.99. The van der Waals surface area contributed by atoms with Crippen LogP contribution in [0.25, 0.3) is 0 Å². The van der Waals surface area contributed by atoms with Crippen LogP contribution in [0.3, 0.4) is 0 Å². The smallest absolute Gasteiger partial charge is 0.110 e. The van der Waals surface area contributed by atoms with Crippen molar-refractivity contribution in [3.05, 3.63) is 18.2 Å². The molecule has 0 bridgehead atoms. The minimum absolute atomic E-state index is 0.146. The van der Waals surface area contributed by atoms with Crippen LogP contribution in [0, 0.1) is 0 Å². The van der Waals surface area contributed by atoms with Crippen LogP contribution in [0.4, 0.5) is 0 Å². The zero-order valence-electron chi connectivity index (χ0n) is 11.3. The Hall–Kier alpha value is -0.910. The van der Waals surface area contributed by atoms with Gasteiger partial charge in [-0.2, -0.15) is 0 Å². The predicted molar refractivity (Wildman–Crippen MR) is 70.9 cm³/mol. The van der Waals surface area contributed by atoms with Gasteiger partial charge in [0.05, 0.1) is 18.2 Å². The highest BCUT2D eigenvalue weighted by Gasteiger charge is 2.29. The molecule has 0 radical (unpaired) electrons. The first-order valence-electron chi connectivity index (χ1n) is 6.86. The summed E-state index contributed by atoms with van der Waals surface area (Å²) in [6.45, 7) is 5.30. The topological polar surface area (TPSA) is 65.1 Å². The normalized spacial score (nSPS) is 25.5. The largest absolute Gasteiger partial charge is 0.374 e. The average Bonchev–Trinajstić information content (AvgIpc) is 2.96. The van der Waals surface area contributed by atoms with Crippen molar-refractivity contribution < 1.29 is 4.74 Å². The van der Waals surface area contributed by atoms with Crippen LogP contribution in [0.5, 0.6) is 0 Å². The van der Waals surface area contributed by atoms with Gasteiger partial charge in [0, 0.05) is 25.4 Å². The monoisotopic (exact) mass is 252 g/mol. The third-order valence-electron chi connectivity index (χ3n) is 3.60. The molecule has 1 aromatic heterocycles. The van der Waals surface area contributed by atoms with Crippen molar-refractivity contribution >= 4 is 0 Å². The van der Waals surface area contributed by atoms with Crippen molar-refractivity contribution in [1.29, 1.82) is 0 Å². The van der Waals surface area contributed by atoms with Crippen molar-refractivity contribution in [3.8, 4) is 0 Å². The van der Waals surface area contributed by atoms with Gasteiger partial charge in [-0.15, -0.1) is 0 Å². The first kappa shape index (κ1) is 13.5. The summed E-state index contributed by atoms with van der Waals surface area (Å²) < 4.78 is 8.08. The molecule has 2 rings (SSSR count). The maximum Gasteiger partial charge on any atom is 0.110 e. The molecule has 0 amide bonds. The molecule has 1 saturated heterocycles. The summed E-state index contributed by atoms with van der Waals surface area (Å²) in [5.74, 6) is 6.76. The fourth-order valence-corrected chi connectivity index (χ4v) is 2.60. The van der Waals surface area contributed by atoms with Gasteiger partial charge in [-0.1, -0.05) is 6.92 Å². The molecule has 3 N–H and O–H groups in total. The van der Waals surface area contributed by atoms with Crippen LogP contribution >= 0.6 is 0 Å². The summed E-state index contributed by atoms with van der Waals surface area (Å²) in [5, 5.41) is 0. The summed E-state index contributed by atoms with van der Waals surface area (Å²) in [4.78, 5) is 4.42. The molecular weight excluding hydrogens is 228 g/mol. The lowest BCUT2D eigenvalue weighted by atomic mass is 10.0. The van der Waals surface area contributed by atoms with E-state index in [0.29, 0.717) is 6.10 Å². The van der Waals surface area contributed by atoms with E-state index in [9.17, 15) is 0 Å². The van der Waals surface area contributed by atoms with Gasteiger partial charge in [-0.05, 0) is 26.2 Å². The quantitative estimate of drug-likeness (QED) is 0.590. The molecule has 0 saturated carbocycles. The highest BCUT2D eigenvalue weighted by Crippen LogP contribution is 2.23. The SMILES string of the molecule is CCCn1ccnc1CC(NN)C1CCC(C)O1. The van der Waals surface area contributed by atoms with E-state index in [0.717, 1.165) is 38.1 Å².